The SMILES string of the molecule is C[C@@H]1CCCC[C@@H]1NC(=O)COc1ncnc2c(Cl)cc(Cl)cc12. The molecule has 1 aliphatic rings. The number of benzene rings is 1. The van der Waals surface area contributed by atoms with Gasteiger partial charge in [0.2, 0.25) is 5.88 Å². The van der Waals surface area contributed by atoms with Crippen LogP contribution in [-0.4, -0.2) is 28.5 Å². The van der Waals surface area contributed by atoms with Gasteiger partial charge in [0.1, 0.15) is 6.33 Å². The summed E-state index contributed by atoms with van der Waals surface area (Å²) >= 11 is 12.2. The Hall–Kier alpha value is -1.59. The highest BCUT2D eigenvalue weighted by Gasteiger charge is 2.23. The molecule has 2 atom stereocenters. The van der Waals surface area contributed by atoms with Gasteiger partial charge in [0.05, 0.1) is 15.9 Å². The number of carbonyl (C=O) groups is 1. The molecule has 1 N–H and O–H groups in total. The number of rotatable bonds is 4. The van der Waals surface area contributed by atoms with Gasteiger partial charge in [0, 0.05) is 11.1 Å². The third-order valence-electron chi connectivity index (χ3n) is 4.42. The smallest absolute Gasteiger partial charge is 0.258 e. The van der Waals surface area contributed by atoms with Crippen LogP contribution < -0.4 is 10.1 Å². The summed E-state index contributed by atoms with van der Waals surface area (Å²) in [7, 11) is 0. The van der Waals surface area contributed by atoms with E-state index in [1.54, 1.807) is 12.1 Å². The minimum Gasteiger partial charge on any atom is -0.467 e. The number of hydrogen-bond donors (Lipinski definition) is 1. The lowest BCUT2D eigenvalue weighted by Gasteiger charge is -2.29. The van der Waals surface area contributed by atoms with Gasteiger partial charge in [-0.3, -0.25) is 4.79 Å². The first-order valence-electron chi connectivity index (χ1n) is 8.06. The highest BCUT2D eigenvalue weighted by Crippen LogP contribution is 2.30. The molecule has 0 unspecified atom stereocenters. The molecule has 0 radical (unpaired) electrons. The minimum atomic E-state index is -0.145. The standard InChI is InChI=1S/C17H19Cl2N3O2/c1-10-4-2-3-5-14(10)22-15(23)8-24-17-12-6-11(18)7-13(19)16(12)20-9-21-17/h6-7,9-10,14H,2-5,8H2,1H3,(H,22,23)/t10-,14+/m1/s1. The summed E-state index contributed by atoms with van der Waals surface area (Å²) in [6.07, 6.45) is 5.93. The molecule has 0 spiro atoms. The van der Waals surface area contributed by atoms with Crippen molar-refractivity contribution in [2.45, 2.75) is 38.6 Å². The Kier molecular flexibility index (Phi) is 5.41. The van der Waals surface area contributed by atoms with Crippen molar-refractivity contribution in [2.75, 3.05) is 6.61 Å². The van der Waals surface area contributed by atoms with Gasteiger partial charge in [-0.05, 0) is 30.9 Å². The number of hydrogen-bond acceptors (Lipinski definition) is 4. The highest BCUT2D eigenvalue weighted by molar-refractivity contribution is 6.38. The summed E-state index contributed by atoms with van der Waals surface area (Å²) in [6.45, 7) is 2.08. The van der Waals surface area contributed by atoms with E-state index in [0.29, 0.717) is 32.7 Å². The van der Waals surface area contributed by atoms with Crippen LogP contribution >= 0.6 is 23.2 Å². The molecule has 1 amide bonds. The van der Waals surface area contributed by atoms with Crippen molar-refractivity contribution >= 4 is 40.0 Å². The predicted octanol–water partition coefficient (Wildman–Crippen LogP) is 4.01. The lowest BCUT2D eigenvalue weighted by molar-refractivity contribution is -0.124. The summed E-state index contributed by atoms with van der Waals surface area (Å²) in [5.74, 6) is 0.657. The van der Waals surface area contributed by atoms with Crippen LogP contribution in [0, 0.1) is 5.92 Å². The Labute approximate surface area is 150 Å². The van der Waals surface area contributed by atoms with Crippen LogP contribution in [0.25, 0.3) is 10.9 Å². The van der Waals surface area contributed by atoms with E-state index < -0.39 is 0 Å². The van der Waals surface area contributed by atoms with E-state index in [-0.39, 0.29) is 18.6 Å². The van der Waals surface area contributed by atoms with E-state index in [9.17, 15) is 4.79 Å². The van der Waals surface area contributed by atoms with Crippen LogP contribution in [0.15, 0.2) is 18.5 Å². The predicted molar refractivity (Wildman–Crippen MR) is 94.6 cm³/mol. The van der Waals surface area contributed by atoms with Crippen LogP contribution in [0.4, 0.5) is 0 Å². The number of aromatic nitrogens is 2. The van der Waals surface area contributed by atoms with E-state index in [1.165, 1.54) is 12.7 Å². The Bertz CT molecular complexity index is 754. The maximum Gasteiger partial charge on any atom is 0.258 e. The van der Waals surface area contributed by atoms with Gasteiger partial charge < -0.3 is 10.1 Å². The van der Waals surface area contributed by atoms with Crippen LogP contribution in [0.2, 0.25) is 10.0 Å². The second-order valence-corrected chi connectivity index (χ2v) is 7.03. The molecule has 3 rings (SSSR count). The molecule has 1 saturated carbocycles. The van der Waals surface area contributed by atoms with Crippen molar-refractivity contribution in [1.82, 2.24) is 15.3 Å². The number of amides is 1. The van der Waals surface area contributed by atoms with Gasteiger partial charge in [-0.25, -0.2) is 9.97 Å². The monoisotopic (exact) mass is 367 g/mol. The zero-order chi connectivity index (χ0) is 17.1. The molecule has 1 aromatic heterocycles. The maximum absolute atomic E-state index is 12.2. The lowest BCUT2D eigenvalue weighted by atomic mass is 9.86. The minimum absolute atomic E-state index is 0.0978. The molecule has 0 bridgehead atoms. The second kappa shape index (κ2) is 7.53. The Morgan fingerprint density at radius 1 is 1.29 bits per heavy atom. The summed E-state index contributed by atoms with van der Waals surface area (Å²) in [4.78, 5) is 20.4. The molecule has 7 heteroatoms. The summed E-state index contributed by atoms with van der Waals surface area (Å²) in [6, 6.07) is 3.51. The molecule has 2 aromatic rings. The molecule has 5 nitrogen and oxygen atoms in total. The average molecular weight is 368 g/mol. The number of ether oxygens (including phenoxy) is 1. The van der Waals surface area contributed by atoms with E-state index in [4.69, 9.17) is 27.9 Å². The Morgan fingerprint density at radius 3 is 2.88 bits per heavy atom. The second-order valence-electron chi connectivity index (χ2n) is 6.19. The highest BCUT2D eigenvalue weighted by atomic mass is 35.5. The fraction of sp³-hybridized carbons (Fsp3) is 0.471. The first-order chi connectivity index (χ1) is 11.5. The molecule has 128 valence electrons. The van der Waals surface area contributed by atoms with Gasteiger partial charge in [0.15, 0.2) is 6.61 Å². The maximum atomic E-state index is 12.2. The molecule has 0 aliphatic heterocycles. The molecule has 1 aromatic carbocycles. The van der Waals surface area contributed by atoms with Crippen LogP contribution in [0.5, 0.6) is 5.88 Å². The van der Waals surface area contributed by atoms with Crippen LogP contribution in [0.1, 0.15) is 32.6 Å². The van der Waals surface area contributed by atoms with Crippen molar-refractivity contribution in [3.63, 3.8) is 0 Å². The number of fused-ring (bicyclic) bond motifs is 1. The number of nitrogens with one attached hydrogen (secondary N) is 1. The third-order valence-corrected chi connectivity index (χ3v) is 4.92. The summed E-state index contributed by atoms with van der Waals surface area (Å²) in [5.41, 5.74) is 0.548. The fourth-order valence-electron chi connectivity index (χ4n) is 3.10. The number of halogens is 2. The largest absolute Gasteiger partial charge is 0.467 e. The van der Waals surface area contributed by atoms with E-state index in [1.807, 2.05) is 0 Å². The zero-order valence-electron chi connectivity index (χ0n) is 13.4. The molecule has 1 aliphatic carbocycles. The normalized spacial score (nSPS) is 20.8. The van der Waals surface area contributed by atoms with E-state index in [2.05, 4.69) is 22.2 Å². The lowest BCUT2D eigenvalue weighted by Crippen LogP contribution is -2.43. The number of nitrogens with zero attached hydrogens (tertiary/aromatic N) is 2. The van der Waals surface area contributed by atoms with E-state index in [0.717, 1.165) is 19.3 Å². The summed E-state index contributed by atoms with van der Waals surface area (Å²) in [5, 5.41) is 4.53. The summed E-state index contributed by atoms with van der Waals surface area (Å²) < 4.78 is 5.59. The zero-order valence-corrected chi connectivity index (χ0v) is 14.9. The van der Waals surface area contributed by atoms with Gasteiger partial charge in [-0.1, -0.05) is 43.0 Å². The quantitative estimate of drug-likeness (QED) is 0.886. The van der Waals surface area contributed by atoms with Crippen molar-refractivity contribution < 1.29 is 9.53 Å². The Balaban J connectivity index is 1.68. The van der Waals surface area contributed by atoms with Crippen LogP contribution in [0.3, 0.4) is 0 Å². The molecular weight excluding hydrogens is 349 g/mol. The van der Waals surface area contributed by atoms with Crippen LogP contribution in [-0.2, 0) is 4.79 Å². The van der Waals surface area contributed by atoms with Gasteiger partial charge in [-0.15, -0.1) is 0 Å². The fourth-order valence-corrected chi connectivity index (χ4v) is 3.64. The average Bonchev–Trinajstić information content (AvgIpc) is 2.55. The molecular formula is C17H19Cl2N3O2. The topological polar surface area (TPSA) is 64.1 Å². The van der Waals surface area contributed by atoms with Gasteiger partial charge in [0.25, 0.3) is 5.91 Å². The molecule has 1 fully saturated rings. The first kappa shape index (κ1) is 17.2. The van der Waals surface area contributed by atoms with Crippen molar-refractivity contribution in [3.8, 4) is 5.88 Å². The number of carbonyl (C=O) groups excluding carboxylic acids is 1. The van der Waals surface area contributed by atoms with Gasteiger partial charge >= 0.3 is 0 Å². The Morgan fingerprint density at radius 2 is 2.08 bits per heavy atom. The van der Waals surface area contributed by atoms with Crippen molar-refractivity contribution in [3.05, 3.63) is 28.5 Å². The molecule has 0 saturated heterocycles. The van der Waals surface area contributed by atoms with E-state index >= 15 is 0 Å². The third kappa shape index (κ3) is 3.90. The van der Waals surface area contributed by atoms with Crippen molar-refractivity contribution in [1.29, 1.82) is 0 Å². The first-order valence-corrected chi connectivity index (χ1v) is 8.82. The van der Waals surface area contributed by atoms with Gasteiger partial charge in [-0.2, -0.15) is 0 Å². The van der Waals surface area contributed by atoms with Crippen molar-refractivity contribution in [2.24, 2.45) is 5.92 Å². The molecule has 1 heterocycles. The molecule has 24 heavy (non-hydrogen) atoms.